The van der Waals surface area contributed by atoms with Gasteiger partial charge in [-0.1, -0.05) is 23.7 Å². The van der Waals surface area contributed by atoms with Gasteiger partial charge in [-0.15, -0.1) is 11.3 Å². The molecule has 1 aromatic heterocycles. The van der Waals surface area contributed by atoms with Gasteiger partial charge in [-0.25, -0.2) is 0 Å². The van der Waals surface area contributed by atoms with Crippen molar-refractivity contribution in [2.24, 2.45) is 0 Å². The second-order valence-electron chi connectivity index (χ2n) is 7.37. The minimum atomic E-state index is -0.185. The second kappa shape index (κ2) is 9.54. The highest BCUT2D eigenvalue weighted by molar-refractivity contribution is 7.10. The Bertz CT molecular complexity index is 1060. The van der Waals surface area contributed by atoms with E-state index in [2.05, 4.69) is 16.8 Å². The second-order valence-corrected chi connectivity index (χ2v) is 8.80. The molecule has 2 amide bonds. The molecule has 31 heavy (non-hydrogen) atoms. The highest BCUT2D eigenvalue weighted by Crippen LogP contribution is 2.38. The third-order valence-corrected chi connectivity index (χ3v) is 6.66. The number of halogens is 1. The van der Waals surface area contributed by atoms with Crippen molar-refractivity contribution in [1.82, 2.24) is 4.90 Å². The summed E-state index contributed by atoms with van der Waals surface area (Å²) in [5.41, 5.74) is 2.87. The van der Waals surface area contributed by atoms with E-state index in [0.717, 1.165) is 23.3 Å². The number of anilines is 1. The Kier molecular flexibility index (Phi) is 6.59. The molecule has 0 saturated heterocycles. The molecule has 160 valence electrons. The maximum atomic E-state index is 13.1. The standard InChI is InChI=1S/C24H23ClN2O3S/c1-30-19-8-6-18(7-9-19)26-22(28)10-11-23(29)27-14-12-21-20(13-15-31-21)24(27)16-2-4-17(25)5-3-16/h2-9,13,15,24H,10-12,14H2,1H3,(H,26,28). The number of rotatable bonds is 6. The lowest BCUT2D eigenvalue weighted by atomic mass is 9.93. The quantitative estimate of drug-likeness (QED) is 0.549. The van der Waals surface area contributed by atoms with Crippen molar-refractivity contribution in [2.45, 2.75) is 25.3 Å². The first-order valence-corrected chi connectivity index (χ1v) is 11.4. The smallest absolute Gasteiger partial charge is 0.224 e. The number of carbonyl (C=O) groups excluding carboxylic acids is 2. The van der Waals surface area contributed by atoms with Gasteiger partial charge in [0.15, 0.2) is 0 Å². The number of nitrogens with zero attached hydrogens (tertiary/aromatic N) is 1. The van der Waals surface area contributed by atoms with Crippen LogP contribution < -0.4 is 10.1 Å². The van der Waals surface area contributed by atoms with Crippen LogP contribution in [0.25, 0.3) is 0 Å². The van der Waals surface area contributed by atoms with E-state index in [9.17, 15) is 9.59 Å². The van der Waals surface area contributed by atoms with Gasteiger partial charge in [-0.2, -0.15) is 0 Å². The molecule has 1 aliphatic rings. The largest absolute Gasteiger partial charge is 0.497 e. The van der Waals surface area contributed by atoms with Gasteiger partial charge in [0, 0.05) is 35.0 Å². The molecule has 4 rings (SSSR count). The number of thiophene rings is 1. The van der Waals surface area contributed by atoms with Gasteiger partial charge < -0.3 is 15.0 Å². The number of hydrogen-bond acceptors (Lipinski definition) is 4. The molecule has 0 spiro atoms. The van der Waals surface area contributed by atoms with E-state index in [1.165, 1.54) is 4.88 Å². The summed E-state index contributed by atoms with van der Waals surface area (Å²) in [5, 5.41) is 5.57. The molecule has 0 aliphatic carbocycles. The van der Waals surface area contributed by atoms with Crippen molar-refractivity contribution in [2.75, 3.05) is 19.0 Å². The predicted molar refractivity (Wildman–Crippen MR) is 124 cm³/mol. The van der Waals surface area contributed by atoms with E-state index in [0.29, 0.717) is 17.3 Å². The molecule has 0 radical (unpaired) electrons. The maximum absolute atomic E-state index is 13.1. The molecular formula is C24H23ClN2O3S. The van der Waals surface area contributed by atoms with E-state index in [1.54, 1.807) is 42.7 Å². The van der Waals surface area contributed by atoms with Gasteiger partial charge in [0.2, 0.25) is 11.8 Å². The number of nitrogens with one attached hydrogen (secondary N) is 1. The number of methoxy groups -OCH3 is 1. The van der Waals surface area contributed by atoms with Crippen LogP contribution in [-0.4, -0.2) is 30.4 Å². The number of fused-ring (bicyclic) bond motifs is 1. The Morgan fingerprint density at radius 2 is 1.84 bits per heavy atom. The molecule has 1 aliphatic heterocycles. The van der Waals surface area contributed by atoms with Crippen LogP contribution in [0, 0.1) is 0 Å². The van der Waals surface area contributed by atoms with Crippen LogP contribution in [0.4, 0.5) is 5.69 Å². The molecule has 2 aromatic carbocycles. The van der Waals surface area contributed by atoms with Crippen molar-refractivity contribution >= 4 is 40.4 Å². The van der Waals surface area contributed by atoms with Crippen molar-refractivity contribution < 1.29 is 14.3 Å². The molecule has 2 heterocycles. The topological polar surface area (TPSA) is 58.6 Å². The Morgan fingerprint density at radius 1 is 1.10 bits per heavy atom. The third kappa shape index (κ3) is 4.92. The first kappa shape index (κ1) is 21.4. The monoisotopic (exact) mass is 454 g/mol. The lowest BCUT2D eigenvalue weighted by Crippen LogP contribution is -2.40. The molecule has 3 aromatic rings. The number of amides is 2. The van der Waals surface area contributed by atoms with E-state index in [4.69, 9.17) is 16.3 Å². The molecule has 1 N–H and O–H groups in total. The average molecular weight is 455 g/mol. The predicted octanol–water partition coefficient (Wildman–Crippen LogP) is 5.30. The van der Waals surface area contributed by atoms with Crippen molar-refractivity contribution in [3.8, 4) is 5.75 Å². The van der Waals surface area contributed by atoms with Crippen LogP contribution >= 0.6 is 22.9 Å². The number of hydrogen-bond donors (Lipinski definition) is 1. The zero-order chi connectivity index (χ0) is 21.8. The lowest BCUT2D eigenvalue weighted by molar-refractivity contribution is -0.134. The van der Waals surface area contributed by atoms with Crippen molar-refractivity contribution in [3.05, 3.63) is 81.0 Å². The van der Waals surface area contributed by atoms with E-state index < -0.39 is 0 Å². The fourth-order valence-electron chi connectivity index (χ4n) is 3.85. The number of benzene rings is 2. The van der Waals surface area contributed by atoms with Gasteiger partial charge in [0.05, 0.1) is 13.2 Å². The van der Waals surface area contributed by atoms with Crippen molar-refractivity contribution in [1.29, 1.82) is 0 Å². The van der Waals surface area contributed by atoms with Crippen molar-refractivity contribution in [3.63, 3.8) is 0 Å². The average Bonchev–Trinajstić information content (AvgIpc) is 3.27. The molecule has 0 bridgehead atoms. The van der Waals surface area contributed by atoms with E-state index in [1.807, 2.05) is 29.2 Å². The van der Waals surface area contributed by atoms with Crippen LogP contribution in [0.15, 0.2) is 60.0 Å². The van der Waals surface area contributed by atoms with Crippen LogP contribution in [0.5, 0.6) is 5.75 Å². The maximum Gasteiger partial charge on any atom is 0.224 e. The van der Waals surface area contributed by atoms with Crippen LogP contribution in [0.2, 0.25) is 5.02 Å². The highest BCUT2D eigenvalue weighted by Gasteiger charge is 2.32. The summed E-state index contributed by atoms with van der Waals surface area (Å²) in [6.45, 7) is 0.639. The Labute approximate surface area is 190 Å². The minimum absolute atomic E-state index is 0.0262. The molecular weight excluding hydrogens is 432 g/mol. The number of ether oxygens (including phenoxy) is 1. The summed E-state index contributed by atoms with van der Waals surface area (Å²) in [4.78, 5) is 28.7. The summed E-state index contributed by atoms with van der Waals surface area (Å²) >= 11 is 7.79. The zero-order valence-corrected chi connectivity index (χ0v) is 18.7. The fourth-order valence-corrected chi connectivity index (χ4v) is 4.88. The van der Waals surface area contributed by atoms with Gasteiger partial charge in [-0.05, 0) is 65.4 Å². The summed E-state index contributed by atoms with van der Waals surface area (Å²) in [7, 11) is 1.59. The first-order chi connectivity index (χ1) is 15.0. The highest BCUT2D eigenvalue weighted by atomic mass is 35.5. The number of carbonyl (C=O) groups is 2. The van der Waals surface area contributed by atoms with Crippen LogP contribution in [0.1, 0.15) is 34.9 Å². The van der Waals surface area contributed by atoms with Crippen LogP contribution in [0.3, 0.4) is 0 Å². The first-order valence-electron chi connectivity index (χ1n) is 10.1. The fraction of sp³-hybridized carbons (Fsp3) is 0.250. The molecule has 5 nitrogen and oxygen atoms in total. The lowest BCUT2D eigenvalue weighted by Gasteiger charge is -2.36. The summed E-state index contributed by atoms with van der Waals surface area (Å²) in [6.07, 6.45) is 1.12. The van der Waals surface area contributed by atoms with Gasteiger partial charge in [0.25, 0.3) is 0 Å². The summed E-state index contributed by atoms with van der Waals surface area (Å²) in [5.74, 6) is 0.510. The molecule has 0 fully saturated rings. The summed E-state index contributed by atoms with van der Waals surface area (Å²) < 4.78 is 5.12. The normalized spacial score (nSPS) is 15.3. The Morgan fingerprint density at radius 3 is 2.55 bits per heavy atom. The van der Waals surface area contributed by atoms with Gasteiger partial charge in [0.1, 0.15) is 5.75 Å². The SMILES string of the molecule is COc1ccc(NC(=O)CCC(=O)N2CCc3sccc3C2c2ccc(Cl)cc2)cc1. The van der Waals surface area contributed by atoms with Gasteiger partial charge in [-0.3, -0.25) is 9.59 Å². The summed E-state index contributed by atoms with van der Waals surface area (Å²) in [6, 6.07) is 16.7. The zero-order valence-electron chi connectivity index (χ0n) is 17.1. The molecule has 1 atom stereocenters. The molecule has 7 heteroatoms. The van der Waals surface area contributed by atoms with Crippen LogP contribution in [-0.2, 0) is 16.0 Å². The third-order valence-electron chi connectivity index (χ3n) is 5.41. The molecule has 0 saturated carbocycles. The molecule has 1 unspecified atom stereocenters. The van der Waals surface area contributed by atoms with E-state index in [-0.39, 0.29) is 30.7 Å². The van der Waals surface area contributed by atoms with Gasteiger partial charge >= 0.3 is 0 Å². The van der Waals surface area contributed by atoms with E-state index >= 15 is 0 Å². The minimum Gasteiger partial charge on any atom is -0.497 e. The Hall–Kier alpha value is -2.83. The Balaban J connectivity index is 1.43.